The lowest BCUT2D eigenvalue weighted by molar-refractivity contribution is -0.142. The molecule has 0 radical (unpaired) electrons. The average molecular weight is 258 g/mol. The van der Waals surface area contributed by atoms with Crippen molar-refractivity contribution in [3.8, 4) is 6.07 Å². The molecule has 3 nitrogen and oxygen atoms in total. The van der Waals surface area contributed by atoms with Gasteiger partial charge in [-0.05, 0) is 24.6 Å². The molecule has 16 heavy (non-hydrogen) atoms. The van der Waals surface area contributed by atoms with Gasteiger partial charge in [-0.1, -0.05) is 23.2 Å². The van der Waals surface area contributed by atoms with E-state index in [1.165, 1.54) is 6.07 Å². The molecule has 0 unspecified atom stereocenters. The smallest absolute Gasteiger partial charge is 0.310 e. The van der Waals surface area contributed by atoms with Gasteiger partial charge in [0.15, 0.2) is 0 Å². The number of nitrogens with zero attached hydrogens (tertiary/aromatic N) is 1. The number of ether oxygens (including phenoxy) is 1. The molecule has 0 aromatic heterocycles. The molecule has 0 heterocycles. The number of nitriles is 1. The predicted molar refractivity (Wildman–Crippen MR) is 61.5 cm³/mol. The van der Waals surface area contributed by atoms with E-state index in [4.69, 9.17) is 33.2 Å². The number of hydrogen-bond donors (Lipinski definition) is 0. The molecule has 5 heteroatoms. The molecule has 84 valence electrons. The molecule has 0 atom stereocenters. The number of rotatable bonds is 3. The largest absolute Gasteiger partial charge is 0.466 e. The fraction of sp³-hybridized carbons (Fsp3) is 0.273. The SMILES string of the molecule is CCOC(=O)Cc1cc(Cl)cc(C#N)c1Cl. The van der Waals surface area contributed by atoms with E-state index in [0.717, 1.165) is 0 Å². The average Bonchev–Trinajstić information content (AvgIpc) is 2.23. The molecule has 0 aliphatic heterocycles. The first-order valence-electron chi connectivity index (χ1n) is 4.62. The number of esters is 1. The second-order valence-corrected chi connectivity index (χ2v) is 3.83. The number of halogens is 2. The Labute approximate surface area is 104 Å². The maximum Gasteiger partial charge on any atom is 0.310 e. The monoisotopic (exact) mass is 257 g/mol. The Kier molecular flexibility index (Phi) is 4.60. The molecule has 0 saturated heterocycles. The third kappa shape index (κ3) is 3.13. The highest BCUT2D eigenvalue weighted by molar-refractivity contribution is 6.34. The van der Waals surface area contributed by atoms with Gasteiger partial charge < -0.3 is 4.74 Å². The summed E-state index contributed by atoms with van der Waals surface area (Å²) < 4.78 is 4.79. The second kappa shape index (κ2) is 5.74. The lowest BCUT2D eigenvalue weighted by Gasteiger charge is -2.06. The topological polar surface area (TPSA) is 50.1 Å². The standard InChI is InChI=1S/C11H9Cl2NO2/c1-2-16-10(15)5-7-3-9(12)4-8(6-14)11(7)13/h3-4H,2,5H2,1H3. The summed E-state index contributed by atoms with van der Waals surface area (Å²) in [6, 6.07) is 4.93. The van der Waals surface area contributed by atoms with Gasteiger partial charge in [-0.3, -0.25) is 4.79 Å². The summed E-state index contributed by atoms with van der Waals surface area (Å²) in [4.78, 5) is 11.3. The van der Waals surface area contributed by atoms with Crippen LogP contribution in [0.3, 0.4) is 0 Å². The predicted octanol–water partition coefficient (Wildman–Crippen LogP) is 2.97. The van der Waals surface area contributed by atoms with E-state index in [-0.39, 0.29) is 17.0 Å². The minimum absolute atomic E-state index is 0.0158. The van der Waals surface area contributed by atoms with Crippen LogP contribution in [0, 0.1) is 11.3 Å². The number of carbonyl (C=O) groups excluding carboxylic acids is 1. The van der Waals surface area contributed by atoms with Gasteiger partial charge in [0.1, 0.15) is 6.07 Å². The summed E-state index contributed by atoms with van der Waals surface area (Å²) in [5.74, 6) is -0.393. The lowest BCUT2D eigenvalue weighted by Crippen LogP contribution is -2.08. The zero-order chi connectivity index (χ0) is 12.1. The molecular weight excluding hydrogens is 249 g/mol. The minimum Gasteiger partial charge on any atom is -0.466 e. The van der Waals surface area contributed by atoms with Crippen molar-refractivity contribution in [2.45, 2.75) is 13.3 Å². The molecule has 0 amide bonds. The van der Waals surface area contributed by atoms with Crippen molar-refractivity contribution >= 4 is 29.2 Å². The summed E-state index contributed by atoms with van der Waals surface area (Å²) in [5.41, 5.74) is 0.762. The molecule has 0 spiro atoms. The third-order valence-electron chi connectivity index (χ3n) is 1.87. The van der Waals surface area contributed by atoms with Crippen molar-refractivity contribution in [2.75, 3.05) is 6.61 Å². The summed E-state index contributed by atoms with van der Waals surface area (Å²) >= 11 is 11.7. The van der Waals surface area contributed by atoms with E-state index in [1.807, 2.05) is 6.07 Å². The van der Waals surface area contributed by atoms with E-state index in [2.05, 4.69) is 0 Å². The molecular formula is C11H9Cl2NO2. The van der Waals surface area contributed by atoms with E-state index in [1.54, 1.807) is 13.0 Å². The Hall–Kier alpha value is -1.24. The zero-order valence-corrected chi connectivity index (χ0v) is 10.1. The van der Waals surface area contributed by atoms with Gasteiger partial charge in [-0.15, -0.1) is 0 Å². The van der Waals surface area contributed by atoms with Crippen molar-refractivity contribution in [3.63, 3.8) is 0 Å². The van der Waals surface area contributed by atoms with Crippen LogP contribution in [0.5, 0.6) is 0 Å². The van der Waals surface area contributed by atoms with Crippen LogP contribution >= 0.6 is 23.2 Å². The molecule has 1 rings (SSSR count). The molecule has 0 bridgehead atoms. The van der Waals surface area contributed by atoms with Gasteiger partial charge in [0.2, 0.25) is 0 Å². The van der Waals surface area contributed by atoms with Gasteiger partial charge in [-0.2, -0.15) is 5.26 Å². The number of benzene rings is 1. The van der Waals surface area contributed by atoms with Crippen molar-refractivity contribution in [3.05, 3.63) is 33.3 Å². The second-order valence-electron chi connectivity index (χ2n) is 3.02. The van der Waals surface area contributed by atoms with Crippen molar-refractivity contribution in [1.82, 2.24) is 0 Å². The maximum atomic E-state index is 11.3. The van der Waals surface area contributed by atoms with Gasteiger partial charge in [0.25, 0.3) is 0 Å². The summed E-state index contributed by atoms with van der Waals surface area (Å²) in [7, 11) is 0. The highest BCUT2D eigenvalue weighted by atomic mass is 35.5. The highest BCUT2D eigenvalue weighted by Gasteiger charge is 2.12. The molecule has 0 N–H and O–H groups in total. The molecule has 1 aromatic rings. The van der Waals surface area contributed by atoms with E-state index < -0.39 is 5.97 Å². The fourth-order valence-corrected chi connectivity index (χ4v) is 1.68. The summed E-state index contributed by atoms with van der Waals surface area (Å²) in [5, 5.41) is 9.42. The quantitative estimate of drug-likeness (QED) is 0.783. The Morgan fingerprint density at radius 2 is 2.19 bits per heavy atom. The third-order valence-corrected chi connectivity index (χ3v) is 2.54. The number of carbonyl (C=O) groups is 1. The van der Waals surface area contributed by atoms with Gasteiger partial charge in [0, 0.05) is 5.02 Å². The normalized spacial score (nSPS) is 9.62. The molecule has 0 aliphatic rings. The summed E-state index contributed by atoms with van der Waals surface area (Å²) in [6.45, 7) is 2.03. The lowest BCUT2D eigenvalue weighted by atomic mass is 10.1. The molecule has 1 aromatic carbocycles. The van der Waals surface area contributed by atoms with E-state index in [9.17, 15) is 4.79 Å². The first-order valence-corrected chi connectivity index (χ1v) is 5.37. The Bertz CT molecular complexity index is 452. The molecule has 0 saturated carbocycles. The van der Waals surface area contributed by atoms with Crippen LogP contribution in [0.15, 0.2) is 12.1 Å². The van der Waals surface area contributed by atoms with Crippen LogP contribution in [0.4, 0.5) is 0 Å². The van der Waals surface area contributed by atoms with Crippen LogP contribution in [0.2, 0.25) is 10.0 Å². The van der Waals surface area contributed by atoms with Crippen molar-refractivity contribution in [1.29, 1.82) is 5.26 Å². The first-order chi connectivity index (χ1) is 7.58. The number of hydrogen-bond acceptors (Lipinski definition) is 3. The van der Waals surface area contributed by atoms with Gasteiger partial charge in [0.05, 0.1) is 23.6 Å². The molecule has 0 aliphatic carbocycles. The summed E-state index contributed by atoms with van der Waals surface area (Å²) in [6.07, 6.45) is 0.0158. The fourth-order valence-electron chi connectivity index (χ4n) is 1.22. The van der Waals surface area contributed by atoms with Gasteiger partial charge >= 0.3 is 5.97 Å². The van der Waals surface area contributed by atoms with Crippen LogP contribution in [-0.2, 0) is 16.0 Å². The van der Waals surface area contributed by atoms with Crippen LogP contribution in [0.25, 0.3) is 0 Å². The van der Waals surface area contributed by atoms with Crippen LogP contribution < -0.4 is 0 Å². The van der Waals surface area contributed by atoms with Gasteiger partial charge in [-0.25, -0.2) is 0 Å². The maximum absolute atomic E-state index is 11.3. The van der Waals surface area contributed by atoms with E-state index in [0.29, 0.717) is 17.2 Å². The van der Waals surface area contributed by atoms with E-state index >= 15 is 0 Å². The van der Waals surface area contributed by atoms with Crippen LogP contribution in [-0.4, -0.2) is 12.6 Å². The Morgan fingerprint density at radius 3 is 2.75 bits per heavy atom. The van der Waals surface area contributed by atoms with Crippen LogP contribution in [0.1, 0.15) is 18.1 Å². The van der Waals surface area contributed by atoms with Crippen molar-refractivity contribution < 1.29 is 9.53 Å². The zero-order valence-electron chi connectivity index (χ0n) is 8.59. The molecule has 0 fully saturated rings. The first kappa shape index (κ1) is 12.8. The minimum atomic E-state index is -0.393. The Balaban J connectivity index is 3.01. The highest BCUT2D eigenvalue weighted by Crippen LogP contribution is 2.25. The van der Waals surface area contributed by atoms with Crippen molar-refractivity contribution in [2.24, 2.45) is 0 Å². The Morgan fingerprint density at radius 1 is 1.50 bits per heavy atom.